The number of pyridine rings is 1. The number of hydrogen-bond donors (Lipinski definition) is 1. The summed E-state index contributed by atoms with van der Waals surface area (Å²) in [6.45, 7) is 3.93. The number of rotatable bonds is 6. The van der Waals surface area contributed by atoms with Crippen LogP contribution in [0.5, 0.6) is 5.88 Å². The summed E-state index contributed by atoms with van der Waals surface area (Å²) in [6, 6.07) is 0.979. The Hall–Kier alpha value is -2.70. The van der Waals surface area contributed by atoms with Crippen molar-refractivity contribution in [1.82, 2.24) is 20.1 Å². The van der Waals surface area contributed by atoms with Gasteiger partial charge in [0.2, 0.25) is 11.8 Å². The molecule has 36 heavy (non-hydrogen) atoms. The van der Waals surface area contributed by atoms with Crippen LogP contribution in [0.25, 0.3) is 11.3 Å². The number of sulfone groups is 1. The van der Waals surface area contributed by atoms with Gasteiger partial charge in [-0.3, -0.25) is 9.48 Å². The topological polar surface area (TPSA) is 103 Å². The maximum Gasteiger partial charge on any atom is 0.422 e. The number of nitrogens with zero attached hydrogens (tertiary/aromatic N) is 3. The van der Waals surface area contributed by atoms with Gasteiger partial charge in [0.15, 0.2) is 22.3 Å². The Morgan fingerprint density at radius 1 is 1.36 bits per heavy atom. The van der Waals surface area contributed by atoms with Crippen LogP contribution in [0, 0.1) is 11.7 Å². The van der Waals surface area contributed by atoms with Crippen LogP contribution in [0.1, 0.15) is 50.9 Å². The number of nitrogens with one attached hydrogen (secondary N) is 1. The zero-order valence-electron chi connectivity index (χ0n) is 20.2. The number of ether oxygens (including phenoxy) is 1. The molecule has 1 N–H and O–H groups in total. The average molecular weight is 533 g/mol. The van der Waals surface area contributed by atoms with E-state index >= 15 is 0 Å². The van der Waals surface area contributed by atoms with E-state index in [1.165, 1.54) is 0 Å². The Labute approximate surface area is 206 Å². The lowest BCUT2D eigenvalue weighted by atomic mass is 9.84. The molecule has 1 aliphatic heterocycles. The number of aromatic nitrogens is 3. The molecule has 8 nitrogen and oxygen atoms in total. The predicted octanol–water partition coefficient (Wildman–Crippen LogP) is 3.40. The zero-order valence-corrected chi connectivity index (χ0v) is 21.0. The van der Waals surface area contributed by atoms with Crippen LogP contribution >= 0.6 is 0 Å². The van der Waals surface area contributed by atoms with Crippen molar-refractivity contribution < 1.29 is 35.5 Å². The first kappa shape index (κ1) is 26.4. The molecule has 2 atom stereocenters. The van der Waals surface area contributed by atoms with Crippen molar-refractivity contribution in [3.8, 4) is 17.1 Å². The summed E-state index contributed by atoms with van der Waals surface area (Å²) in [5.74, 6) is -1.85. The van der Waals surface area contributed by atoms with E-state index in [0.29, 0.717) is 31.2 Å². The Bertz CT molecular complexity index is 1280. The summed E-state index contributed by atoms with van der Waals surface area (Å²) in [5, 5.41) is 7.48. The summed E-state index contributed by atoms with van der Waals surface area (Å²) >= 11 is 0. The highest BCUT2D eigenvalue weighted by Gasteiger charge is 2.41. The number of fused-ring (bicyclic) bond motifs is 1. The Kier molecular flexibility index (Phi) is 6.82. The van der Waals surface area contributed by atoms with Gasteiger partial charge in [-0.05, 0) is 40.0 Å². The second-order valence-electron chi connectivity index (χ2n) is 10.1. The standard InChI is InChI=1S/C23H28F4N4O4S/c1-13(2)31-18-8-14(21(32)29-22(3)6-7-36(33,34)12-22)4-5-15(18)20(30-31)16-9-19(28-10-17(16)24)35-11-23(25,26)27/h9-10,13-14H,4-8,11-12H2,1-3H3,(H,29,32)/t14-,22+/m1/s1. The van der Waals surface area contributed by atoms with Crippen molar-refractivity contribution in [2.45, 2.75) is 64.2 Å². The number of carbonyl (C=O) groups is 1. The zero-order chi connectivity index (χ0) is 26.5. The van der Waals surface area contributed by atoms with Crippen LogP contribution in [0.4, 0.5) is 17.6 Å². The third kappa shape index (κ3) is 5.65. The van der Waals surface area contributed by atoms with Gasteiger partial charge in [-0.25, -0.2) is 17.8 Å². The number of halogens is 4. The predicted molar refractivity (Wildman–Crippen MR) is 123 cm³/mol. The number of carbonyl (C=O) groups excluding carboxylic acids is 1. The molecule has 0 saturated carbocycles. The monoisotopic (exact) mass is 532 g/mol. The smallest absolute Gasteiger partial charge is 0.422 e. The minimum atomic E-state index is -4.57. The molecule has 0 spiro atoms. The molecule has 1 saturated heterocycles. The lowest BCUT2D eigenvalue weighted by molar-refractivity contribution is -0.154. The molecule has 1 amide bonds. The van der Waals surface area contributed by atoms with Crippen LogP contribution in [0.15, 0.2) is 12.3 Å². The van der Waals surface area contributed by atoms with E-state index in [1.807, 2.05) is 13.8 Å². The number of hydrogen-bond acceptors (Lipinski definition) is 6. The van der Waals surface area contributed by atoms with Gasteiger partial charge in [-0.2, -0.15) is 18.3 Å². The molecule has 3 heterocycles. The van der Waals surface area contributed by atoms with Gasteiger partial charge >= 0.3 is 6.18 Å². The van der Waals surface area contributed by atoms with Gasteiger partial charge in [0.1, 0.15) is 0 Å². The highest BCUT2D eigenvalue weighted by atomic mass is 32.2. The molecule has 2 aromatic rings. The van der Waals surface area contributed by atoms with Crippen molar-refractivity contribution >= 4 is 15.7 Å². The van der Waals surface area contributed by atoms with Crippen LogP contribution in [0.3, 0.4) is 0 Å². The quantitative estimate of drug-likeness (QED) is 0.572. The van der Waals surface area contributed by atoms with E-state index in [9.17, 15) is 30.8 Å². The molecule has 2 aromatic heterocycles. The van der Waals surface area contributed by atoms with E-state index in [2.05, 4.69) is 20.1 Å². The molecule has 1 fully saturated rings. The second-order valence-corrected chi connectivity index (χ2v) is 12.2. The Balaban J connectivity index is 1.60. The first-order valence-corrected chi connectivity index (χ1v) is 13.5. The maximum absolute atomic E-state index is 14.7. The molecule has 13 heteroatoms. The lowest BCUT2D eigenvalue weighted by Gasteiger charge is -2.29. The van der Waals surface area contributed by atoms with Crippen LogP contribution in [-0.2, 0) is 27.5 Å². The first-order chi connectivity index (χ1) is 16.7. The Morgan fingerprint density at radius 2 is 2.08 bits per heavy atom. The van der Waals surface area contributed by atoms with E-state index in [1.54, 1.807) is 11.6 Å². The minimum absolute atomic E-state index is 0.0237. The van der Waals surface area contributed by atoms with E-state index in [-0.39, 0.29) is 40.6 Å². The van der Waals surface area contributed by atoms with Crippen molar-refractivity contribution in [3.63, 3.8) is 0 Å². The molecule has 0 radical (unpaired) electrons. The highest BCUT2D eigenvalue weighted by molar-refractivity contribution is 7.91. The third-order valence-electron chi connectivity index (χ3n) is 6.56. The molecule has 1 aliphatic carbocycles. The van der Waals surface area contributed by atoms with E-state index in [0.717, 1.165) is 18.0 Å². The van der Waals surface area contributed by atoms with Gasteiger partial charge in [0.05, 0.1) is 28.9 Å². The number of alkyl halides is 3. The summed E-state index contributed by atoms with van der Waals surface area (Å²) in [6.07, 6.45) is -2.26. The molecule has 2 aliphatic rings. The van der Waals surface area contributed by atoms with Crippen molar-refractivity contribution in [2.24, 2.45) is 5.92 Å². The van der Waals surface area contributed by atoms with Crippen molar-refractivity contribution in [2.75, 3.05) is 18.1 Å². The van der Waals surface area contributed by atoms with Crippen LogP contribution < -0.4 is 10.1 Å². The van der Waals surface area contributed by atoms with Gasteiger partial charge in [0, 0.05) is 41.3 Å². The summed E-state index contributed by atoms with van der Waals surface area (Å²) in [4.78, 5) is 16.7. The summed E-state index contributed by atoms with van der Waals surface area (Å²) in [5.41, 5.74) is 0.901. The van der Waals surface area contributed by atoms with Crippen LogP contribution in [-0.4, -0.2) is 58.9 Å². The second kappa shape index (κ2) is 9.31. The van der Waals surface area contributed by atoms with Crippen molar-refractivity contribution in [1.29, 1.82) is 0 Å². The van der Waals surface area contributed by atoms with Crippen LogP contribution in [0.2, 0.25) is 0 Å². The molecule has 198 valence electrons. The Morgan fingerprint density at radius 3 is 2.69 bits per heavy atom. The molecule has 0 aromatic carbocycles. The average Bonchev–Trinajstić information content (AvgIpc) is 3.28. The van der Waals surface area contributed by atoms with Gasteiger partial charge in [-0.1, -0.05) is 0 Å². The largest absolute Gasteiger partial charge is 0.468 e. The molecule has 4 rings (SSSR count). The molecule has 0 bridgehead atoms. The minimum Gasteiger partial charge on any atom is -0.468 e. The lowest BCUT2D eigenvalue weighted by Crippen LogP contribution is -2.50. The maximum atomic E-state index is 14.7. The molecule has 0 unspecified atom stereocenters. The van der Waals surface area contributed by atoms with Gasteiger partial charge in [-0.15, -0.1) is 0 Å². The highest BCUT2D eigenvalue weighted by Crippen LogP contribution is 2.37. The fourth-order valence-electron chi connectivity index (χ4n) is 4.85. The normalized spacial score (nSPS) is 23.5. The molecular formula is C23H28F4N4O4S. The molecular weight excluding hydrogens is 504 g/mol. The first-order valence-electron chi connectivity index (χ1n) is 11.6. The third-order valence-corrected chi connectivity index (χ3v) is 8.46. The van der Waals surface area contributed by atoms with Gasteiger partial charge < -0.3 is 10.1 Å². The fraction of sp³-hybridized carbons (Fsp3) is 0.609. The van der Waals surface area contributed by atoms with Crippen molar-refractivity contribution in [3.05, 3.63) is 29.3 Å². The van der Waals surface area contributed by atoms with E-state index in [4.69, 9.17) is 0 Å². The van der Waals surface area contributed by atoms with Gasteiger partial charge in [0.25, 0.3) is 0 Å². The van der Waals surface area contributed by atoms with E-state index < -0.39 is 39.9 Å². The number of amides is 1. The summed E-state index contributed by atoms with van der Waals surface area (Å²) in [7, 11) is -3.19. The SMILES string of the molecule is CC(C)n1nc(-c2cc(OCC(F)(F)F)ncc2F)c2c1C[C@H](C(=O)N[C@@]1(C)CCS(=O)(=O)C1)CC2. The summed E-state index contributed by atoms with van der Waals surface area (Å²) < 4.78 is 82.6. The fourth-order valence-corrected chi connectivity index (χ4v) is 6.94.